The zero-order valence-corrected chi connectivity index (χ0v) is 20.3. The molecule has 184 valence electrons. The van der Waals surface area contributed by atoms with Gasteiger partial charge in [-0.2, -0.15) is 0 Å². The minimum absolute atomic E-state index is 0.0154. The summed E-state index contributed by atoms with van der Waals surface area (Å²) in [5, 5.41) is 8.46. The number of hydrogen-bond donors (Lipinski definition) is 3. The van der Waals surface area contributed by atoms with Crippen LogP contribution in [-0.2, 0) is 9.59 Å². The molecule has 0 saturated heterocycles. The zero-order valence-electron chi connectivity index (χ0n) is 20.3. The number of nitrogens with zero attached hydrogens (tertiary/aromatic N) is 1. The van der Waals surface area contributed by atoms with Crippen molar-refractivity contribution in [3.8, 4) is 11.5 Å². The fourth-order valence-electron chi connectivity index (χ4n) is 3.15. The lowest BCUT2D eigenvalue weighted by atomic mass is 10.2. The second-order valence-corrected chi connectivity index (χ2v) is 7.60. The number of hydrogen-bond acceptors (Lipinski definition) is 6. The molecule has 3 amide bonds. The quantitative estimate of drug-likeness (QED) is 0.415. The summed E-state index contributed by atoms with van der Waals surface area (Å²) in [5.74, 6) is 0.0622. The van der Waals surface area contributed by atoms with Crippen LogP contribution < -0.4 is 25.4 Å². The Labute approximate surface area is 200 Å². The predicted octanol–water partition coefficient (Wildman–Crippen LogP) is 3.13. The molecule has 34 heavy (non-hydrogen) atoms. The Morgan fingerprint density at radius 1 is 0.824 bits per heavy atom. The summed E-state index contributed by atoms with van der Waals surface area (Å²) in [4.78, 5) is 38.8. The Morgan fingerprint density at radius 3 is 1.94 bits per heavy atom. The first-order chi connectivity index (χ1) is 16.4. The lowest BCUT2D eigenvalue weighted by Gasteiger charge is -2.19. The highest BCUT2D eigenvalue weighted by Crippen LogP contribution is 2.37. The van der Waals surface area contributed by atoms with Crippen LogP contribution >= 0.6 is 0 Å². The molecule has 0 spiro atoms. The number of carbonyl (C=O) groups excluding carboxylic acids is 3. The fraction of sp³-hybridized carbons (Fsp3) is 0.400. The molecule has 0 aromatic heterocycles. The fourth-order valence-corrected chi connectivity index (χ4v) is 3.15. The van der Waals surface area contributed by atoms with Gasteiger partial charge in [0, 0.05) is 24.2 Å². The van der Waals surface area contributed by atoms with E-state index in [4.69, 9.17) is 9.47 Å². The Morgan fingerprint density at radius 2 is 1.38 bits per heavy atom. The number of rotatable bonds is 13. The van der Waals surface area contributed by atoms with Crippen LogP contribution in [0.25, 0.3) is 0 Å². The monoisotopic (exact) mass is 470 g/mol. The van der Waals surface area contributed by atoms with Crippen LogP contribution in [0.15, 0.2) is 42.5 Å². The Kier molecular flexibility index (Phi) is 10.9. The van der Waals surface area contributed by atoms with E-state index in [1.807, 2.05) is 26.8 Å². The molecule has 0 aliphatic carbocycles. The highest BCUT2D eigenvalue weighted by Gasteiger charge is 2.18. The normalized spacial score (nSPS) is 10.5. The molecule has 2 rings (SSSR count). The minimum atomic E-state index is -0.310. The highest BCUT2D eigenvalue weighted by atomic mass is 16.5. The van der Waals surface area contributed by atoms with Crippen LogP contribution in [0.1, 0.15) is 37.6 Å². The predicted molar refractivity (Wildman–Crippen MR) is 133 cm³/mol. The SMILES string of the molecule is CCCNC(=O)CN(C)CC(=O)Nc1cc(OCC)c(NC(=O)c2ccccc2)cc1OCC. The van der Waals surface area contributed by atoms with Crippen molar-refractivity contribution in [1.29, 1.82) is 0 Å². The van der Waals surface area contributed by atoms with Crippen molar-refractivity contribution in [3.05, 3.63) is 48.0 Å². The van der Waals surface area contributed by atoms with Crippen molar-refractivity contribution >= 4 is 29.1 Å². The van der Waals surface area contributed by atoms with Gasteiger partial charge < -0.3 is 25.4 Å². The second kappa shape index (κ2) is 13.8. The molecule has 0 aliphatic rings. The van der Waals surface area contributed by atoms with Gasteiger partial charge in [0.05, 0.1) is 37.7 Å². The number of anilines is 2. The molecule has 0 aliphatic heterocycles. The molecule has 2 aromatic carbocycles. The Hall–Kier alpha value is -3.59. The van der Waals surface area contributed by atoms with Crippen LogP contribution in [-0.4, -0.2) is 62.5 Å². The molecule has 0 saturated carbocycles. The summed E-state index contributed by atoms with van der Waals surface area (Å²) in [5.41, 5.74) is 1.35. The first-order valence-corrected chi connectivity index (χ1v) is 11.4. The van der Waals surface area contributed by atoms with Gasteiger partial charge in [-0.3, -0.25) is 19.3 Å². The van der Waals surface area contributed by atoms with Gasteiger partial charge in [-0.05, 0) is 39.4 Å². The maximum absolute atomic E-state index is 12.7. The Balaban J connectivity index is 2.18. The largest absolute Gasteiger partial charge is 0.492 e. The van der Waals surface area contributed by atoms with Gasteiger partial charge in [0.25, 0.3) is 5.91 Å². The molecule has 0 fully saturated rings. The molecular weight excluding hydrogens is 436 g/mol. The summed E-state index contributed by atoms with van der Waals surface area (Å²) >= 11 is 0. The third-order valence-corrected chi connectivity index (χ3v) is 4.64. The standard InChI is InChI=1S/C25H34N4O5/c1-5-13-26-23(30)16-29(4)17-24(31)27-19-14-22(34-7-3)20(15-21(19)33-6-2)28-25(32)18-11-9-8-10-12-18/h8-12,14-15H,5-7,13,16-17H2,1-4H3,(H,26,30)(H,27,31)(H,28,32). The van der Waals surface area contributed by atoms with E-state index in [2.05, 4.69) is 16.0 Å². The highest BCUT2D eigenvalue weighted by molar-refractivity contribution is 6.05. The molecule has 2 aromatic rings. The number of ether oxygens (including phenoxy) is 2. The Bertz CT molecular complexity index is 965. The van der Waals surface area contributed by atoms with Crippen LogP contribution in [0.4, 0.5) is 11.4 Å². The molecule has 9 heteroatoms. The van der Waals surface area contributed by atoms with E-state index in [0.29, 0.717) is 48.2 Å². The van der Waals surface area contributed by atoms with Crippen LogP contribution in [0.3, 0.4) is 0 Å². The number of carbonyl (C=O) groups is 3. The minimum Gasteiger partial charge on any atom is -0.492 e. The van der Waals surface area contributed by atoms with Crippen molar-refractivity contribution in [2.24, 2.45) is 0 Å². The number of benzene rings is 2. The third kappa shape index (κ3) is 8.40. The van der Waals surface area contributed by atoms with Crippen molar-refractivity contribution in [3.63, 3.8) is 0 Å². The van der Waals surface area contributed by atoms with Crippen molar-refractivity contribution in [1.82, 2.24) is 10.2 Å². The lowest BCUT2D eigenvalue weighted by Crippen LogP contribution is -2.39. The summed E-state index contributed by atoms with van der Waals surface area (Å²) in [7, 11) is 1.70. The maximum Gasteiger partial charge on any atom is 0.255 e. The van der Waals surface area contributed by atoms with E-state index in [1.54, 1.807) is 48.3 Å². The first kappa shape index (κ1) is 26.7. The van der Waals surface area contributed by atoms with Gasteiger partial charge in [0.2, 0.25) is 11.8 Å². The molecular formula is C25H34N4O5. The van der Waals surface area contributed by atoms with E-state index in [-0.39, 0.29) is 30.8 Å². The van der Waals surface area contributed by atoms with Gasteiger partial charge in [0.15, 0.2) is 0 Å². The van der Waals surface area contributed by atoms with E-state index in [9.17, 15) is 14.4 Å². The zero-order chi connectivity index (χ0) is 24.9. The second-order valence-electron chi connectivity index (χ2n) is 7.60. The molecule has 9 nitrogen and oxygen atoms in total. The summed E-state index contributed by atoms with van der Waals surface area (Å²) in [6.45, 7) is 7.09. The molecule has 0 bridgehead atoms. The third-order valence-electron chi connectivity index (χ3n) is 4.64. The topological polar surface area (TPSA) is 109 Å². The molecule has 0 heterocycles. The average Bonchev–Trinajstić information content (AvgIpc) is 2.80. The number of nitrogens with one attached hydrogen (secondary N) is 3. The number of amides is 3. The molecule has 0 unspecified atom stereocenters. The lowest BCUT2D eigenvalue weighted by molar-refractivity contribution is -0.122. The molecule has 0 atom stereocenters. The summed E-state index contributed by atoms with van der Waals surface area (Å²) in [6.07, 6.45) is 0.847. The molecule has 3 N–H and O–H groups in total. The van der Waals surface area contributed by atoms with Crippen molar-refractivity contribution in [2.75, 3.05) is 50.5 Å². The summed E-state index contributed by atoms with van der Waals surface area (Å²) < 4.78 is 11.4. The van der Waals surface area contributed by atoms with E-state index < -0.39 is 0 Å². The molecule has 0 radical (unpaired) electrons. The van der Waals surface area contributed by atoms with E-state index in [0.717, 1.165) is 6.42 Å². The van der Waals surface area contributed by atoms with Crippen LogP contribution in [0.5, 0.6) is 11.5 Å². The van der Waals surface area contributed by atoms with Gasteiger partial charge in [0.1, 0.15) is 11.5 Å². The van der Waals surface area contributed by atoms with Crippen molar-refractivity contribution in [2.45, 2.75) is 27.2 Å². The van der Waals surface area contributed by atoms with Gasteiger partial charge in [-0.1, -0.05) is 25.1 Å². The van der Waals surface area contributed by atoms with Gasteiger partial charge in [-0.25, -0.2) is 0 Å². The van der Waals surface area contributed by atoms with E-state index in [1.165, 1.54) is 0 Å². The van der Waals surface area contributed by atoms with Crippen LogP contribution in [0.2, 0.25) is 0 Å². The smallest absolute Gasteiger partial charge is 0.255 e. The van der Waals surface area contributed by atoms with Gasteiger partial charge in [-0.15, -0.1) is 0 Å². The van der Waals surface area contributed by atoms with E-state index >= 15 is 0 Å². The summed E-state index contributed by atoms with van der Waals surface area (Å²) in [6, 6.07) is 12.1. The van der Waals surface area contributed by atoms with Crippen LogP contribution in [0, 0.1) is 0 Å². The first-order valence-electron chi connectivity index (χ1n) is 11.4. The maximum atomic E-state index is 12.7. The van der Waals surface area contributed by atoms with Crippen molar-refractivity contribution < 1.29 is 23.9 Å². The average molecular weight is 471 g/mol. The number of likely N-dealkylation sites (N-methyl/N-ethyl adjacent to an activating group) is 1. The van der Waals surface area contributed by atoms with Gasteiger partial charge >= 0.3 is 0 Å².